The van der Waals surface area contributed by atoms with E-state index in [4.69, 9.17) is 4.74 Å². The molecule has 0 unspecified atom stereocenters. The zero-order valence-corrected chi connectivity index (χ0v) is 10.4. The van der Waals surface area contributed by atoms with Gasteiger partial charge in [0.05, 0.1) is 18.6 Å². The van der Waals surface area contributed by atoms with E-state index in [0.717, 1.165) is 0 Å². The van der Waals surface area contributed by atoms with Crippen LogP contribution in [0, 0.1) is 0 Å². The number of hydrogen-bond donors (Lipinski definition) is 1. The summed E-state index contributed by atoms with van der Waals surface area (Å²) in [7, 11) is 0. The van der Waals surface area contributed by atoms with Crippen molar-refractivity contribution in [1.82, 2.24) is 0 Å². The lowest BCUT2D eigenvalue weighted by Crippen LogP contribution is -2.07. The summed E-state index contributed by atoms with van der Waals surface area (Å²) < 4.78 is 4.75. The molecule has 0 bridgehead atoms. The Morgan fingerprint density at radius 2 is 2.06 bits per heavy atom. The van der Waals surface area contributed by atoms with Crippen molar-refractivity contribution in [1.29, 1.82) is 0 Å². The highest BCUT2D eigenvalue weighted by Crippen LogP contribution is 2.17. The normalized spacial score (nSPS) is 8.88. The molecule has 0 fully saturated rings. The molecule has 17 heavy (non-hydrogen) atoms. The summed E-state index contributed by atoms with van der Waals surface area (Å²) in [6.07, 6.45) is 0.657. The summed E-state index contributed by atoms with van der Waals surface area (Å²) in [4.78, 5) is 21.5. The molecule has 0 aliphatic heterocycles. The van der Waals surface area contributed by atoms with E-state index >= 15 is 0 Å². The number of carbonyl (C=O) groups is 2. The van der Waals surface area contributed by atoms with Gasteiger partial charge < -0.3 is 9.84 Å². The van der Waals surface area contributed by atoms with Crippen LogP contribution in [0.25, 0.3) is 0 Å². The molecule has 94 valence electrons. The van der Waals surface area contributed by atoms with Crippen LogP contribution in [0.1, 0.15) is 36.7 Å². The van der Waals surface area contributed by atoms with Crippen molar-refractivity contribution in [2.75, 3.05) is 6.61 Å². The second-order valence-electron chi connectivity index (χ2n) is 2.99. The predicted octanol–water partition coefficient (Wildman–Crippen LogP) is 2.34. The minimum Gasteiger partial charge on any atom is -0.507 e. The lowest BCUT2D eigenvalue weighted by atomic mass is 10.1. The molecule has 1 aromatic carbocycles. The predicted molar refractivity (Wildman–Crippen MR) is 65.2 cm³/mol. The maximum atomic E-state index is 11.1. The first-order chi connectivity index (χ1) is 8.17. The Balaban J connectivity index is 0.00000121. The van der Waals surface area contributed by atoms with E-state index in [1.807, 2.05) is 13.8 Å². The number of phenolic OH excluding ortho intramolecular Hbond substituents is 1. The molecule has 0 atom stereocenters. The lowest BCUT2D eigenvalue weighted by Gasteiger charge is -2.03. The molecule has 0 radical (unpaired) electrons. The van der Waals surface area contributed by atoms with Gasteiger partial charge in [0, 0.05) is 0 Å². The molecule has 4 nitrogen and oxygen atoms in total. The van der Waals surface area contributed by atoms with Crippen LogP contribution in [0.5, 0.6) is 5.75 Å². The molecule has 0 heterocycles. The van der Waals surface area contributed by atoms with Crippen LogP contribution in [0.2, 0.25) is 0 Å². The van der Waals surface area contributed by atoms with E-state index in [-0.39, 0.29) is 23.7 Å². The smallest absolute Gasteiger partial charge is 0.310 e. The van der Waals surface area contributed by atoms with Gasteiger partial charge in [0.15, 0.2) is 6.29 Å². The Bertz CT molecular complexity index is 372. The van der Waals surface area contributed by atoms with Crippen molar-refractivity contribution in [3.8, 4) is 5.75 Å². The van der Waals surface area contributed by atoms with E-state index in [1.54, 1.807) is 13.0 Å². The topological polar surface area (TPSA) is 63.6 Å². The highest BCUT2D eigenvalue weighted by atomic mass is 16.5. The quantitative estimate of drug-likeness (QED) is 0.646. The van der Waals surface area contributed by atoms with Gasteiger partial charge in [0.2, 0.25) is 0 Å². The molecule has 0 saturated carbocycles. The molecular formula is C13H18O4. The van der Waals surface area contributed by atoms with Gasteiger partial charge in [-0.15, -0.1) is 0 Å². The van der Waals surface area contributed by atoms with Crippen LogP contribution in [0.3, 0.4) is 0 Å². The van der Waals surface area contributed by atoms with Crippen LogP contribution in [0.4, 0.5) is 0 Å². The van der Waals surface area contributed by atoms with Gasteiger partial charge in [-0.3, -0.25) is 9.59 Å². The highest BCUT2D eigenvalue weighted by molar-refractivity contribution is 5.80. The Hall–Kier alpha value is -1.84. The first kappa shape index (κ1) is 15.2. The molecule has 0 saturated heterocycles. The third-order valence-corrected chi connectivity index (χ3v) is 1.88. The van der Waals surface area contributed by atoms with Gasteiger partial charge in [0.1, 0.15) is 5.75 Å². The summed E-state index contributed by atoms with van der Waals surface area (Å²) in [5.41, 5.74) is 0.833. The molecule has 0 aliphatic carbocycles. The van der Waals surface area contributed by atoms with Gasteiger partial charge in [0.25, 0.3) is 0 Å². The molecule has 4 heteroatoms. The van der Waals surface area contributed by atoms with Crippen LogP contribution in [-0.2, 0) is 16.0 Å². The molecule has 1 rings (SSSR count). The maximum Gasteiger partial charge on any atom is 0.310 e. The van der Waals surface area contributed by atoms with E-state index in [1.165, 1.54) is 12.1 Å². The zero-order valence-electron chi connectivity index (χ0n) is 10.4. The van der Waals surface area contributed by atoms with Gasteiger partial charge in [-0.05, 0) is 24.6 Å². The summed E-state index contributed by atoms with van der Waals surface area (Å²) in [6, 6.07) is 4.47. The van der Waals surface area contributed by atoms with Crippen molar-refractivity contribution in [3.63, 3.8) is 0 Å². The van der Waals surface area contributed by atoms with Crippen molar-refractivity contribution >= 4 is 12.3 Å². The van der Waals surface area contributed by atoms with Crippen LogP contribution in [-0.4, -0.2) is 24.0 Å². The zero-order chi connectivity index (χ0) is 13.3. The molecule has 0 aromatic heterocycles. The Labute approximate surface area is 101 Å². The number of esters is 1. The average molecular weight is 238 g/mol. The molecule has 1 N–H and O–H groups in total. The number of ether oxygens (including phenoxy) is 1. The van der Waals surface area contributed by atoms with Gasteiger partial charge in [-0.2, -0.15) is 0 Å². The number of aldehydes is 1. The third-order valence-electron chi connectivity index (χ3n) is 1.88. The second-order valence-corrected chi connectivity index (χ2v) is 2.99. The molecule has 1 aromatic rings. The number of carbonyl (C=O) groups excluding carboxylic acids is 2. The Kier molecular flexibility index (Phi) is 7.43. The van der Waals surface area contributed by atoms with Crippen molar-refractivity contribution in [3.05, 3.63) is 29.3 Å². The summed E-state index contributed by atoms with van der Waals surface area (Å²) in [5, 5.41) is 9.35. The van der Waals surface area contributed by atoms with Crippen LogP contribution in [0.15, 0.2) is 18.2 Å². The minimum atomic E-state index is -0.351. The average Bonchev–Trinajstić information content (AvgIpc) is 2.32. The first-order valence-corrected chi connectivity index (χ1v) is 5.60. The molecule has 0 aliphatic rings. The number of hydrogen-bond acceptors (Lipinski definition) is 4. The van der Waals surface area contributed by atoms with E-state index in [9.17, 15) is 14.7 Å². The summed E-state index contributed by atoms with van der Waals surface area (Å²) in [5.74, 6) is -0.470. The number of benzene rings is 1. The fourth-order valence-electron chi connectivity index (χ4n) is 1.18. The first-order valence-electron chi connectivity index (χ1n) is 5.60. The van der Waals surface area contributed by atoms with E-state index in [2.05, 4.69) is 0 Å². The van der Waals surface area contributed by atoms with Crippen molar-refractivity contribution in [2.24, 2.45) is 0 Å². The SMILES string of the molecule is CC.CCOC(=O)Cc1ccc(C=O)c(O)c1. The van der Waals surface area contributed by atoms with Gasteiger partial charge in [-0.1, -0.05) is 19.9 Å². The maximum absolute atomic E-state index is 11.1. The largest absolute Gasteiger partial charge is 0.507 e. The minimum absolute atomic E-state index is 0.0978. The second kappa shape index (κ2) is 8.33. The van der Waals surface area contributed by atoms with Gasteiger partial charge >= 0.3 is 5.97 Å². The van der Waals surface area contributed by atoms with Crippen molar-refractivity contribution < 1.29 is 19.4 Å². The number of rotatable bonds is 4. The Morgan fingerprint density at radius 3 is 2.53 bits per heavy atom. The standard InChI is InChI=1S/C11H12O4.C2H6/c1-2-15-11(14)6-8-3-4-9(7-12)10(13)5-8;1-2/h3-5,7,13H,2,6H2,1H3;1-2H3. The third kappa shape index (κ3) is 5.15. The fourth-order valence-corrected chi connectivity index (χ4v) is 1.18. The van der Waals surface area contributed by atoms with E-state index in [0.29, 0.717) is 18.5 Å². The molecule has 0 spiro atoms. The van der Waals surface area contributed by atoms with E-state index < -0.39 is 0 Å². The highest BCUT2D eigenvalue weighted by Gasteiger charge is 2.06. The monoisotopic (exact) mass is 238 g/mol. The fraction of sp³-hybridized carbons (Fsp3) is 0.385. The number of phenols is 1. The van der Waals surface area contributed by atoms with Crippen LogP contribution >= 0.6 is 0 Å². The van der Waals surface area contributed by atoms with Gasteiger partial charge in [-0.25, -0.2) is 0 Å². The van der Waals surface area contributed by atoms with Crippen molar-refractivity contribution in [2.45, 2.75) is 27.2 Å². The molecular weight excluding hydrogens is 220 g/mol. The lowest BCUT2D eigenvalue weighted by molar-refractivity contribution is -0.142. The molecule has 0 amide bonds. The number of aromatic hydroxyl groups is 1. The summed E-state index contributed by atoms with van der Waals surface area (Å²) in [6.45, 7) is 6.06. The Morgan fingerprint density at radius 1 is 1.41 bits per heavy atom. The summed E-state index contributed by atoms with van der Waals surface area (Å²) >= 11 is 0. The van der Waals surface area contributed by atoms with Crippen LogP contribution < -0.4 is 0 Å².